The summed E-state index contributed by atoms with van der Waals surface area (Å²) in [4.78, 5) is 10.7. The first-order valence-corrected chi connectivity index (χ1v) is 7.78. The molecule has 1 unspecified atom stereocenters. The van der Waals surface area contributed by atoms with Crippen LogP contribution in [0.5, 0.6) is 0 Å². The van der Waals surface area contributed by atoms with Gasteiger partial charge in [0.1, 0.15) is 0 Å². The van der Waals surface area contributed by atoms with E-state index in [1.807, 2.05) is 0 Å². The number of piperidine rings is 1. The fourth-order valence-electron chi connectivity index (χ4n) is 2.36. The Bertz CT molecular complexity index is 379. The lowest BCUT2D eigenvalue weighted by Gasteiger charge is -2.34. The van der Waals surface area contributed by atoms with Crippen LogP contribution >= 0.6 is 0 Å². The minimum atomic E-state index is -3.42. The van der Waals surface area contributed by atoms with Gasteiger partial charge in [-0.25, -0.2) is 0 Å². The van der Waals surface area contributed by atoms with Crippen molar-refractivity contribution in [2.75, 3.05) is 26.2 Å². The van der Waals surface area contributed by atoms with Crippen LogP contribution in [-0.4, -0.2) is 54.3 Å². The van der Waals surface area contributed by atoms with Crippen LogP contribution in [0.4, 0.5) is 0 Å². The fraction of sp³-hybridized carbons (Fsp3) is 0.909. The van der Waals surface area contributed by atoms with Crippen molar-refractivity contribution in [1.29, 1.82) is 0 Å². The Balaban J connectivity index is 2.73. The summed E-state index contributed by atoms with van der Waals surface area (Å²) in [7, 11) is -3.42. The number of carboxylic acid groups (broad SMARTS) is 1. The Labute approximate surface area is 109 Å². The Morgan fingerprint density at radius 2 is 2.00 bits per heavy atom. The molecule has 1 fully saturated rings. The molecule has 0 aromatic rings. The van der Waals surface area contributed by atoms with Crippen LogP contribution in [0, 0.1) is 5.92 Å². The summed E-state index contributed by atoms with van der Waals surface area (Å²) >= 11 is 0. The van der Waals surface area contributed by atoms with Gasteiger partial charge in [0, 0.05) is 32.6 Å². The number of hydrogen-bond donors (Lipinski definition) is 1. The highest BCUT2D eigenvalue weighted by molar-refractivity contribution is 7.86. The molecule has 0 aliphatic carbocycles. The Kier molecular flexibility index (Phi) is 5.55. The molecule has 106 valence electrons. The normalized spacial score (nSPS) is 22.3. The summed E-state index contributed by atoms with van der Waals surface area (Å²) in [5, 5.41) is 8.78. The molecule has 7 heteroatoms. The van der Waals surface area contributed by atoms with Crippen molar-refractivity contribution in [3.8, 4) is 0 Å². The largest absolute Gasteiger partial charge is 0.481 e. The highest BCUT2D eigenvalue weighted by Crippen LogP contribution is 2.23. The maximum Gasteiger partial charge on any atom is 0.303 e. The average molecular weight is 278 g/mol. The molecule has 0 aromatic carbocycles. The van der Waals surface area contributed by atoms with E-state index < -0.39 is 16.2 Å². The van der Waals surface area contributed by atoms with Crippen LogP contribution in [0.1, 0.15) is 33.1 Å². The second-order valence-electron chi connectivity index (χ2n) is 4.56. The Hall–Kier alpha value is -0.660. The van der Waals surface area contributed by atoms with E-state index in [4.69, 9.17) is 5.11 Å². The van der Waals surface area contributed by atoms with Crippen molar-refractivity contribution in [2.45, 2.75) is 33.1 Å². The van der Waals surface area contributed by atoms with Gasteiger partial charge in [-0.2, -0.15) is 17.0 Å². The Morgan fingerprint density at radius 1 is 1.39 bits per heavy atom. The maximum absolute atomic E-state index is 12.3. The van der Waals surface area contributed by atoms with E-state index in [9.17, 15) is 13.2 Å². The van der Waals surface area contributed by atoms with Crippen LogP contribution in [-0.2, 0) is 15.0 Å². The third kappa shape index (κ3) is 3.66. The molecule has 1 rings (SSSR count). The lowest BCUT2D eigenvalue weighted by Crippen LogP contribution is -2.48. The quantitative estimate of drug-likeness (QED) is 0.778. The predicted molar refractivity (Wildman–Crippen MR) is 68.4 cm³/mol. The molecule has 6 nitrogen and oxygen atoms in total. The second kappa shape index (κ2) is 6.49. The third-order valence-electron chi connectivity index (χ3n) is 3.30. The zero-order chi connectivity index (χ0) is 13.8. The van der Waals surface area contributed by atoms with Crippen molar-refractivity contribution in [3.05, 3.63) is 0 Å². The molecular formula is C11H22N2O4S. The van der Waals surface area contributed by atoms with Gasteiger partial charge in [-0.15, -0.1) is 0 Å². The molecule has 1 N–H and O–H groups in total. The Morgan fingerprint density at radius 3 is 2.50 bits per heavy atom. The van der Waals surface area contributed by atoms with Gasteiger partial charge in [0.15, 0.2) is 0 Å². The molecule has 0 amide bonds. The van der Waals surface area contributed by atoms with Crippen molar-refractivity contribution < 1.29 is 18.3 Å². The average Bonchev–Trinajstić information content (AvgIpc) is 2.29. The van der Waals surface area contributed by atoms with E-state index in [2.05, 4.69) is 0 Å². The second-order valence-corrected chi connectivity index (χ2v) is 6.48. The number of nitrogens with zero attached hydrogens (tertiary/aromatic N) is 2. The van der Waals surface area contributed by atoms with Crippen LogP contribution in [0.25, 0.3) is 0 Å². The number of aliphatic carboxylic acids is 1. The molecular weight excluding hydrogens is 256 g/mol. The first-order chi connectivity index (χ1) is 8.41. The highest BCUT2D eigenvalue weighted by atomic mass is 32.2. The standard InChI is InChI=1S/C11H22N2O4S/c1-3-12(4-2)18(16,17)13-7-5-6-10(9-13)8-11(14)15/h10H,3-9H2,1-2H3,(H,14,15). The molecule has 1 saturated heterocycles. The van der Waals surface area contributed by atoms with Gasteiger partial charge in [-0.3, -0.25) is 4.79 Å². The first kappa shape index (κ1) is 15.4. The minimum absolute atomic E-state index is 0.0459. The molecule has 1 heterocycles. The highest BCUT2D eigenvalue weighted by Gasteiger charge is 2.32. The number of carboxylic acids is 1. The topological polar surface area (TPSA) is 77.9 Å². The van der Waals surface area contributed by atoms with E-state index in [0.29, 0.717) is 26.2 Å². The van der Waals surface area contributed by atoms with Crippen LogP contribution in [0.15, 0.2) is 0 Å². The lowest BCUT2D eigenvalue weighted by atomic mass is 9.96. The van der Waals surface area contributed by atoms with E-state index in [-0.39, 0.29) is 12.3 Å². The predicted octanol–water partition coefficient (Wildman–Crippen LogP) is 0.760. The van der Waals surface area contributed by atoms with Gasteiger partial charge in [0.05, 0.1) is 0 Å². The summed E-state index contributed by atoms with van der Waals surface area (Å²) in [5.74, 6) is -0.927. The third-order valence-corrected chi connectivity index (χ3v) is 5.46. The van der Waals surface area contributed by atoms with Gasteiger partial charge in [-0.05, 0) is 18.8 Å². The SMILES string of the molecule is CCN(CC)S(=O)(=O)N1CCCC(CC(=O)O)C1. The van der Waals surface area contributed by atoms with E-state index in [1.165, 1.54) is 8.61 Å². The molecule has 0 aromatic heterocycles. The van der Waals surface area contributed by atoms with Gasteiger partial charge in [0.2, 0.25) is 0 Å². The van der Waals surface area contributed by atoms with Crippen LogP contribution < -0.4 is 0 Å². The van der Waals surface area contributed by atoms with Crippen molar-refractivity contribution in [2.24, 2.45) is 5.92 Å². The molecule has 0 bridgehead atoms. The van der Waals surface area contributed by atoms with Crippen LogP contribution in [0.2, 0.25) is 0 Å². The van der Waals surface area contributed by atoms with Crippen molar-refractivity contribution >= 4 is 16.2 Å². The zero-order valence-electron chi connectivity index (χ0n) is 11.0. The number of hydrogen-bond acceptors (Lipinski definition) is 3. The number of rotatable bonds is 6. The molecule has 1 aliphatic rings. The summed E-state index contributed by atoms with van der Waals surface area (Å²) in [6.45, 7) is 5.32. The molecule has 1 atom stereocenters. The van der Waals surface area contributed by atoms with Gasteiger partial charge >= 0.3 is 5.97 Å². The van der Waals surface area contributed by atoms with Crippen LogP contribution in [0.3, 0.4) is 0 Å². The molecule has 18 heavy (non-hydrogen) atoms. The van der Waals surface area contributed by atoms with Crippen molar-refractivity contribution in [1.82, 2.24) is 8.61 Å². The molecule has 0 radical (unpaired) electrons. The molecule has 0 saturated carbocycles. The van der Waals surface area contributed by atoms with E-state index in [1.54, 1.807) is 13.8 Å². The fourth-order valence-corrected chi connectivity index (χ4v) is 4.10. The lowest BCUT2D eigenvalue weighted by molar-refractivity contribution is -0.138. The van der Waals surface area contributed by atoms with Crippen molar-refractivity contribution in [3.63, 3.8) is 0 Å². The summed E-state index contributed by atoms with van der Waals surface area (Å²) in [6.07, 6.45) is 1.57. The summed E-state index contributed by atoms with van der Waals surface area (Å²) in [5.41, 5.74) is 0. The first-order valence-electron chi connectivity index (χ1n) is 6.38. The van der Waals surface area contributed by atoms with Gasteiger partial charge < -0.3 is 5.11 Å². The minimum Gasteiger partial charge on any atom is -0.481 e. The number of carbonyl (C=O) groups is 1. The summed E-state index contributed by atoms with van der Waals surface area (Å²) < 4.78 is 27.4. The van der Waals surface area contributed by atoms with E-state index >= 15 is 0 Å². The summed E-state index contributed by atoms with van der Waals surface area (Å²) in [6, 6.07) is 0. The van der Waals surface area contributed by atoms with E-state index in [0.717, 1.165) is 12.8 Å². The monoisotopic (exact) mass is 278 g/mol. The molecule has 0 spiro atoms. The molecule has 1 aliphatic heterocycles. The maximum atomic E-state index is 12.3. The smallest absolute Gasteiger partial charge is 0.303 e. The van der Waals surface area contributed by atoms with Gasteiger partial charge in [-0.1, -0.05) is 13.8 Å². The van der Waals surface area contributed by atoms with Gasteiger partial charge in [0.25, 0.3) is 10.2 Å². The zero-order valence-corrected chi connectivity index (χ0v) is 11.8.